The van der Waals surface area contributed by atoms with Gasteiger partial charge in [0.25, 0.3) is 0 Å². The number of rotatable bonds is 3. The van der Waals surface area contributed by atoms with E-state index in [-0.39, 0.29) is 52.8 Å². The Morgan fingerprint density at radius 2 is 1.74 bits per heavy atom. The van der Waals surface area contributed by atoms with Crippen LogP contribution in [0.15, 0.2) is 30.3 Å². The van der Waals surface area contributed by atoms with Gasteiger partial charge in [-0.1, -0.05) is 32.0 Å². The Kier molecular flexibility index (Phi) is 4.76. The van der Waals surface area contributed by atoms with Gasteiger partial charge in [0.2, 0.25) is 0 Å². The summed E-state index contributed by atoms with van der Waals surface area (Å²) in [5.41, 5.74) is -0.169. The number of carbonyl (C=O) groups excluding carboxylic acids is 3. The summed E-state index contributed by atoms with van der Waals surface area (Å²) in [6, 6.07) is 9.19. The number of esters is 3. The lowest BCUT2D eigenvalue weighted by Crippen LogP contribution is -2.66. The summed E-state index contributed by atoms with van der Waals surface area (Å²) >= 11 is 0. The number of hydrogen-bond donors (Lipinski definition) is 0. The molecule has 5 fully saturated rings. The molecule has 34 heavy (non-hydrogen) atoms. The molecule has 0 N–H and O–H groups in total. The van der Waals surface area contributed by atoms with E-state index in [4.69, 9.17) is 14.2 Å². The van der Waals surface area contributed by atoms with E-state index < -0.39 is 5.60 Å². The molecule has 0 unspecified atom stereocenters. The van der Waals surface area contributed by atoms with Crippen molar-refractivity contribution in [3.63, 3.8) is 0 Å². The van der Waals surface area contributed by atoms with Crippen LogP contribution in [0.5, 0.6) is 0 Å². The van der Waals surface area contributed by atoms with Crippen molar-refractivity contribution in [2.75, 3.05) is 0 Å². The van der Waals surface area contributed by atoms with E-state index in [2.05, 4.69) is 13.8 Å². The molecule has 0 radical (unpaired) electrons. The summed E-state index contributed by atoms with van der Waals surface area (Å²) < 4.78 is 17.8. The first-order valence-electron chi connectivity index (χ1n) is 12.9. The molecule has 6 nitrogen and oxygen atoms in total. The van der Waals surface area contributed by atoms with Crippen molar-refractivity contribution in [2.45, 2.75) is 83.5 Å². The maximum absolute atomic E-state index is 13.0. The largest absolute Gasteiger partial charge is 0.462 e. The van der Waals surface area contributed by atoms with Gasteiger partial charge >= 0.3 is 17.9 Å². The van der Waals surface area contributed by atoms with Crippen molar-refractivity contribution >= 4 is 17.9 Å². The summed E-state index contributed by atoms with van der Waals surface area (Å²) in [6.07, 6.45) is 5.83. The van der Waals surface area contributed by atoms with E-state index >= 15 is 0 Å². The third-order valence-electron chi connectivity index (χ3n) is 10.6. The number of ether oxygens (including phenoxy) is 3. The Morgan fingerprint density at radius 3 is 2.44 bits per heavy atom. The molecule has 0 amide bonds. The second kappa shape index (κ2) is 7.32. The molecule has 4 saturated carbocycles. The van der Waals surface area contributed by atoms with Gasteiger partial charge in [0.1, 0.15) is 23.7 Å². The second-order valence-corrected chi connectivity index (χ2v) is 11.9. The van der Waals surface area contributed by atoms with Crippen molar-refractivity contribution in [1.29, 1.82) is 0 Å². The molecule has 1 spiro atoms. The van der Waals surface area contributed by atoms with Gasteiger partial charge in [-0.25, -0.2) is 4.79 Å². The number of benzene rings is 1. The standard InChI is InChI=1S/C28H34O6/c1-16(29)32-18-11-14-27(3)20-12-13-26(2)19(22(20)23-25(31)34-28(23,27)15-18)9-10-21(26)33-24(30)17-7-5-4-6-8-17/h4-8,18-23H,9-15H2,1-3H3/t18-,19-,20-,21+,22+,23+,26-,27-,28-/m1/s1. The first kappa shape index (κ1) is 22.1. The molecule has 1 saturated heterocycles. The molecule has 0 bridgehead atoms. The van der Waals surface area contributed by atoms with Crippen LogP contribution in [0.4, 0.5) is 0 Å². The summed E-state index contributed by atoms with van der Waals surface area (Å²) in [6.45, 7) is 6.03. The Hall–Kier alpha value is -2.37. The van der Waals surface area contributed by atoms with Gasteiger partial charge in [-0.3, -0.25) is 9.59 Å². The average Bonchev–Trinajstić information content (AvgIpc) is 3.20. The predicted octanol–water partition coefficient (Wildman–Crippen LogP) is 4.70. The number of carbonyl (C=O) groups is 3. The quantitative estimate of drug-likeness (QED) is 0.475. The number of fused-ring (bicyclic) bond motifs is 5. The maximum Gasteiger partial charge on any atom is 0.338 e. The van der Waals surface area contributed by atoms with Gasteiger partial charge in [-0.2, -0.15) is 0 Å². The second-order valence-electron chi connectivity index (χ2n) is 11.9. The fraction of sp³-hybridized carbons (Fsp3) is 0.679. The van der Waals surface area contributed by atoms with Crippen LogP contribution in [0.3, 0.4) is 0 Å². The Bertz CT molecular complexity index is 1040. The van der Waals surface area contributed by atoms with Gasteiger partial charge in [0.15, 0.2) is 0 Å². The van der Waals surface area contributed by atoms with E-state index in [0.29, 0.717) is 23.8 Å². The molecule has 6 heteroatoms. The molecule has 1 aromatic carbocycles. The Balaban J connectivity index is 1.28. The van der Waals surface area contributed by atoms with Crippen molar-refractivity contribution in [1.82, 2.24) is 0 Å². The van der Waals surface area contributed by atoms with E-state index in [1.807, 2.05) is 18.2 Å². The van der Waals surface area contributed by atoms with E-state index in [0.717, 1.165) is 38.5 Å². The van der Waals surface area contributed by atoms with Crippen LogP contribution in [0, 0.1) is 34.5 Å². The van der Waals surface area contributed by atoms with Gasteiger partial charge in [-0.05, 0) is 68.4 Å². The maximum atomic E-state index is 13.0. The minimum absolute atomic E-state index is 0.0869. The normalized spacial score (nSPS) is 46.1. The van der Waals surface area contributed by atoms with Gasteiger partial charge in [-0.15, -0.1) is 0 Å². The Labute approximate surface area is 200 Å². The first-order valence-corrected chi connectivity index (χ1v) is 12.9. The average molecular weight is 467 g/mol. The van der Waals surface area contributed by atoms with Gasteiger partial charge in [0, 0.05) is 24.2 Å². The van der Waals surface area contributed by atoms with Crippen molar-refractivity contribution in [3.8, 4) is 0 Å². The molecule has 9 atom stereocenters. The molecular formula is C28H34O6. The molecule has 0 aromatic heterocycles. The SMILES string of the molecule is CC(=O)O[C@@H]1CC[C@]2(C)[C@@H]3CC[C@@]4(C)[C@@H](OC(=O)c5ccccc5)CC[C@@H]4[C@@H]3[C@H]3C(=O)O[C@]32C1. The van der Waals surface area contributed by atoms with Crippen molar-refractivity contribution in [3.05, 3.63) is 35.9 Å². The van der Waals surface area contributed by atoms with Crippen LogP contribution in [-0.2, 0) is 23.8 Å². The summed E-state index contributed by atoms with van der Waals surface area (Å²) in [7, 11) is 0. The molecule has 6 rings (SSSR count). The highest BCUT2D eigenvalue weighted by Crippen LogP contribution is 2.76. The van der Waals surface area contributed by atoms with Crippen LogP contribution in [0.1, 0.15) is 76.1 Å². The van der Waals surface area contributed by atoms with Crippen LogP contribution in [-0.4, -0.2) is 35.7 Å². The lowest BCUT2D eigenvalue weighted by Gasteiger charge is -2.57. The van der Waals surface area contributed by atoms with Crippen molar-refractivity contribution < 1.29 is 28.6 Å². The highest BCUT2D eigenvalue weighted by molar-refractivity contribution is 5.89. The summed E-state index contributed by atoms with van der Waals surface area (Å²) in [4.78, 5) is 37.5. The molecule has 1 aliphatic heterocycles. The third kappa shape index (κ3) is 2.77. The highest BCUT2D eigenvalue weighted by atomic mass is 16.6. The van der Waals surface area contributed by atoms with Crippen LogP contribution >= 0.6 is 0 Å². The van der Waals surface area contributed by atoms with Crippen molar-refractivity contribution in [2.24, 2.45) is 34.5 Å². The summed E-state index contributed by atoms with van der Waals surface area (Å²) in [5.74, 6) is 0.208. The van der Waals surface area contributed by atoms with E-state index in [9.17, 15) is 14.4 Å². The fourth-order valence-corrected chi connectivity index (χ4v) is 9.05. The van der Waals surface area contributed by atoms with Gasteiger partial charge < -0.3 is 14.2 Å². The zero-order valence-corrected chi connectivity index (χ0v) is 20.3. The summed E-state index contributed by atoms with van der Waals surface area (Å²) in [5, 5.41) is 0. The minimum Gasteiger partial charge on any atom is -0.462 e. The molecule has 4 aliphatic carbocycles. The zero-order valence-electron chi connectivity index (χ0n) is 20.3. The van der Waals surface area contributed by atoms with Crippen LogP contribution in [0.25, 0.3) is 0 Å². The third-order valence-corrected chi connectivity index (χ3v) is 10.6. The highest BCUT2D eigenvalue weighted by Gasteiger charge is 2.80. The zero-order chi connectivity index (χ0) is 23.9. The predicted molar refractivity (Wildman–Crippen MR) is 123 cm³/mol. The van der Waals surface area contributed by atoms with Gasteiger partial charge in [0.05, 0.1) is 5.56 Å². The smallest absolute Gasteiger partial charge is 0.338 e. The van der Waals surface area contributed by atoms with Crippen LogP contribution in [0.2, 0.25) is 0 Å². The monoisotopic (exact) mass is 466 g/mol. The van der Waals surface area contributed by atoms with E-state index in [1.54, 1.807) is 12.1 Å². The number of hydrogen-bond acceptors (Lipinski definition) is 6. The van der Waals surface area contributed by atoms with E-state index in [1.165, 1.54) is 6.92 Å². The lowest BCUT2D eigenvalue weighted by atomic mass is 9.55. The molecule has 182 valence electrons. The minimum atomic E-state index is -0.526. The van der Waals surface area contributed by atoms with Crippen LogP contribution < -0.4 is 0 Å². The topological polar surface area (TPSA) is 78.9 Å². The molecule has 5 aliphatic rings. The lowest BCUT2D eigenvalue weighted by molar-refractivity contribution is -0.251. The molecule has 1 aromatic rings. The fourth-order valence-electron chi connectivity index (χ4n) is 9.05. The molecular weight excluding hydrogens is 432 g/mol. The Morgan fingerprint density at radius 1 is 0.971 bits per heavy atom. The first-order chi connectivity index (χ1) is 16.2. The molecule has 1 heterocycles.